The van der Waals surface area contributed by atoms with Gasteiger partial charge in [-0.1, -0.05) is 13.0 Å². The molecule has 0 aliphatic carbocycles. The van der Waals surface area contributed by atoms with E-state index in [4.69, 9.17) is 5.73 Å². The number of likely N-dealkylation sites (tertiary alicyclic amines) is 1. The van der Waals surface area contributed by atoms with Crippen molar-refractivity contribution in [1.29, 1.82) is 0 Å². The van der Waals surface area contributed by atoms with E-state index < -0.39 is 0 Å². The van der Waals surface area contributed by atoms with Gasteiger partial charge in [0, 0.05) is 24.6 Å². The standard InChI is InChI=1S/C12H23N3S.HI/c1-3-8-16-9-6-14-12(13)15-7-4-5-11(2)10-15;/h3,11H,1,4-10H2,2H3,(H2,13,14);1H. The van der Waals surface area contributed by atoms with Crippen molar-refractivity contribution in [1.82, 2.24) is 4.90 Å². The van der Waals surface area contributed by atoms with Crippen molar-refractivity contribution in [3.63, 3.8) is 0 Å². The number of piperidine rings is 1. The number of aliphatic imine (C=N–C) groups is 1. The van der Waals surface area contributed by atoms with Crippen LogP contribution in [0.5, 0.6) is 0 Å². The molecule has 1 aliphatic rings. The zero-order valence-corrected chi connectivity index (χ0v) is 13.7. The Morgan fingerprint density at radius 3 is 3.06 bits per heavy atom. The van der Waals surface area contributed by atoms with Crippen LogP contribution in [0.25, 0.3) is 0 Å². The lowest BCUT2D eigenvalue weighted by Crippen LogP contribution is -2.43. The maximum Gasteiger partial charge on any atom is 0.191 e. The van der Waals surface area contributed by atoms with E-state index >= 15 is 0 Å². The van der Waals surface area contributed by atoms with Crippen LogP contribution in [0, 0.1) is 5.92 Å². The van der Waals surface area contributed by atoms with Gasteiger partial charge in [0.15, 0.2) is 5.96 Å². The molecule has 3 nitrogen and oxygen atoms in total. The Morgan fingerprint density at radius 2 is 2.41 bits per heavy atom. The van der Waals surface area contributed by atoms with Gasteiger partial charge in [0.25, 0.3) is 0 Å². The van der Waals surface area contributed by atoms with E-state index in [1.165, 1.54) is 12.8 Å². The van der Waals surface area contributed by atoms with E-state index in [-0.39, 0.29) is 24.0 Å². The topological polar surface area (TPSA) is 41.6 Å². The summed E-state index contributed by atoms with van der Waals surface area (Å²) in [6.45, 7) is 8.91. The molecule has 0 aromatic heterocycles. The average Bonchev–Trinajstić information content (AvgIpc) is 2.28. The molecule has 0 aromatic rings. The van der Waals surface area contributed by atoms with Crippen molar-refractivity contribution >= 4 is 41.7 Å². The first-order valence-electron chi connectivity index (χ1n) is 5.97. The van der Waals surface area contributed by atoms with Gasteiger partial charge in [-0.25, -0.2) is 0 Å². The zero-order valence-electron chi connectivity index (χ0n) is 10.6. The quantitative estimate of drug-likeness (QED) is 0.266. The zero-order chi connectivity index (χ0) is 11.8. The predicted molar refractivity (Wildman–Crippen MR) is 89.4 cm³/mol. The minimum absolute atomic E-state index is 0. The van der Waals surface area contributed by atoms with Gasteiger partial charge in [-0.2, -0.15) is 11.8 Å². The molecule has 17 heavy (non-hydrogen) atoms. The van der Waals surface area contributed by atoms with Gasteiger partial charge in [0.1, 0.15) is 0 Å². The van der Waals surface area contributed by atoms with Crippen LogP contribution in [0.3, 0.4) is 0 Å². The molecule has 100 valence electrons. The number of nitrogens with two attached hydrogens (primary N) is 1. The van der Waals surface area contributed by atoms with E-state index in [1.807, 2.05) is 17.8 Å². The molecule has 1 rings (SSSR count). The molecule has 0 saturated carbocycles. The normalized spacial score (nSPS) is 20.9. The minimum atomic E-state index is 0. The second kappa shape index (κ2) is 10.1. The molecule has 1 fully saturated rings. The van der Waals surface area contributed by atoms with Crippen molar-refractivity contribution in [3.8, 4) is 0 Å². The third-order valence-electron chi connectivity index (χ3n) is 2.73. The van der Waals surface area contributed by atoms with E-state index in [9.17, 15) is 0 Å². The second-order valence-electron chi connectivity index (χ2n) is 4.30. The summed E-state index contributed by atoms with van der Waals surface area (Å²) in [5.74, 6) is 3.50. The largest absolute Gasteiger partial charge is 0.370 e. The summed E-state index contributed by atoms with van der Waals surface area (Å²) in [6, 6.07) is 0. The maximum absolute atomic E-state index is 5.97. The monoisotopic (exact) mass is 369 g/mol. The number of guanidine groups is 1. The highest BCUT2D eigenvalue weighted by molar-refractivity contribution is 14.0. The van der Waals surface area contributed by atoms with Gasteiger partial charge in [-0.15, -0.1) is 30.6 Å². The van der Waals surface area contributed by atoms with Crippen LogP contribution >= 0.6 is 35.7 Å². The minimum Gasteiger partial charge on any atom is -0.370 e. The molecule has 0 spiro atoms. The molecule has 0 aromatic carbocycles. The Morgan fingerprint density at radius 1 is 1.65 bits per heavy atom. The van der Waals surface area contributed by atoms with Gasteiger partial charge in [-0.3, -0.25) is 4.99 Å². The molecule has 1 atom stereocenters. The highest BCUT2D eigenvalue weighted by atomic mass is 127. The van der Waals surface area contributed by atoms with Crippen LogP contribution in [-0.4, -0.2) is 42.0 Å². The van der Waals surface area contributed by atoms with Gasteiger partial charge in [-0.05, 0) is 18.8 Å². The van der Waals surface area contributed by atoms with Crippen LogP contribution in [0.1, 0.15) is 19.8 Å². The van der Waals surface area contributed by atoms with E-state index in [2.05, 4.69) is 23.4 Å². The summed E-state index contributed by atoms with van der Waals surface area (Å²) >= 11 is 1.84. The third kappa shape index (κ3) is 7.18. The fourth-order valence-corrected chi connectivity index (χ4v) is 2.44. The van der Waals surface area contributed by atoms with Crippen molar-refractivity contribution < 1.29 is 0 Å². The summed E-state index contributed by atoms with van der Waals surface area (Å²) in [5, 5.41) is 0. The molecular formula is C12H24IN3S. The van der Waals surface area contributed by atoms with E-state index in [1.54, 1.807) is 0 Å². The number of hydrogen-bond donors (Lipinski definition) is 1. The number of halogens is 1. The van der Waals surface area contributed by atoms with Gasteiger partial charge in [0.05, 0.1) is 6.54 Å². The highest BCUT2D eigenvalue weighted by Gasteiger charge is 2.17. The van der Waals surface area contributed by atoms with Crippen molar-refractivity contribution in [2.75, 3.05) is 31.1 Å². The molecule has 0 radical (unpaired) electrons. The van der Waals surface area contributed by atoms with Crippen molar-refractivity contribution in [3.05, 3.63) is 12.7 Å². The number of hydrogen-bond acceptors (Lipinski definition) is 2. The lowest BCUT2D eigenvalue weighted by molar-refractivity contribution is 0.270. The molecular weight excluding hydrogens is 345 g/mol. The lowest BCUT2D eigenvalue weighted by Gasteiger charge is -2.31. The number of nitrogens with zero attached hydrogens (tertiary/aromatic N) is 2. The molecule has 1 heterocycles. The molecule has 1 unspecified atom stereocenters. The number of thioether (sulfide) groups is 1. The van der Waals surface area contributed by atoms with Crippen LogP contribution in [0.15, 0.2) is 17.6 Å². The lowest BCUT2D eigenvalue weighted by atomic mass is 10.0. The Balaban J connectivity index is 0.00000256. The van der Waals surface area contributed by atoms with Crippen LogP contribution in [0.4, 0.5) is 0 Å². The summed E-state index contributed by atoms with van der Waals surface area (Å²) in [4.78, 5) is 6.63. The van der Waals surface area contributed by atoms with Crippen LogP contribution in [0.2, 0.25) is 0 Å². The Labute approximate surface area is 126 Å². The fourth-order valence-electron chi connectivity index (χ4n) is 1.89. The Hall–Kier alpha value is 0.0900. The summed E-state index contributed by atoms with van der Waals surface area (Å²) in [7, 11) is 0. The first-order chi connectivity index (χ1) is 7.74. The molecule has 0 amide bonds. The SMILES string of the molecule is C=CCSCCN=C(N)N1CCCC(C)C1.I. The molecule has 0 bridgehead atoms. The molecule has 5 heteroatoms. The second-order valence-corrected chi connectivity index (χ2v) is 5.45. The van der Waals surface area contributed by atoms with Gasteiger partial charge < -0.3 is 10.6 Å². The smallest absolute Gasteiger partial charge is 0.191 e. The summed E-state index contributed by atoms with van der Waals surface area (Å²) in [6.07, 6.45) is 4.48. The van der Waals surface area contributed by atoms with E-state index in [0.717, 1.165) is 43.0 Å². The van der Waals surface area contributed by atoms with Crippen LogP contribution < -0.4 is 5.73 Å². The average molecular weight is 369 g/mol. The molecule has 1 aliphatic heterocycles. The fraction of sp³-hybridized carbons (Fsp3) is 0.750. The van der Waals surface area contributed by atoms with Crippen LogP contribution in [-0.2, 0) is 0 Å². The van der Waals surface area contributed by atoms with E-state index in [0.29, 0.717) is 0 Å². The first-order valence-corrected chi connectivity index (χ1v) is 7.13. The Bertz CT molecular complexity index is 246. The molecule has 2 N–H and O–H groups in total. The predicted octanol–water partition coefficient (Wildman–Crippen LogP) is 2.57. The Kier molecular flexibility index (Phi) is 10.1. The van der Waals surface area contributed by atoms with Crippen molar-refractivity contribution in [2.45, 2.75) is 19.8 Å². The number of rotatable bonds is 5. The van der Waals surface area contributed by atoms with Crippen molar-refractivity contribution in [2.24, 2.45) is 16.6 Å². The highest BCUT2D eigenvalue weighted by Crippen LogP contribution is 2.14. The summed E-state index contributed by atoms with van der Waals surface area (Å²) < 4.78 is 0. The van der Waals surface area contributed by atoms with Gasteiger partial charge >= 0.3 is 0 Å². The maximum atomic E-state index is 5.97. The first kappa shape index (κ1) is 17.1. The molecule has 1 saturated heterocycles. The summed E-state index contributed by atoms with van der Waals surface area (Å²) in [5.41, 5.74) is 5.97. The third-order valence-corrected chi connectivity index (χ3v) is 3.67. The van der Waals surface area contributed by atoms with Gasteiger partial charge in [0.2, 0.25) is 0 Å².